The Labute approximate surface area is 100 Å². The maximum atomic E-state index is 3.49. The predicted octanol–water partition coefficient (Wildman–Crippen LogP) is 3.85. The van der Waals surface area contributed by atoms with Gasteiger partial charge >= 0.3 is 0 Å². The van der Waals surface area contributed by atoms with Crippen LogP contribution in [0.1, 0.15) is 22.4 Å². The van der Waals surface area contributed by atoms with Gasteiger partial charge in [-0.25, -0.2) is 0 Å². The van der Waals surface area contributed by atoms with Crippen molar-refractivity contribution in [3.05, 3.63) is 51.7 Å². The molecule has 1 heterocycles. The topological polar surface area (TPSA) is 12.0 Å². The molecule has 2 aromatic rings. The molecule has 1 N–H and O–H groups in total. The van der Waals surface area contributed by atoms with Gasteiger partial charge in [-0.2, -0.15) is 0 Å². The number of hydrogen-bond acceptors (Lipinski definition) is 2. The average molecular weight is 229 g/mol. The van der Waals surface area contributed by atoms with Crippen LogP contribution in [-0.2, 0) is 19.4 Å². The molecule has 0 unspecified atom stereocenters. The fourth-order valence-electron chi connectivity index (χ4n) is 2.28. The van der Waals surface area contributed by atoms with Crippen LogP contribution in [0.2, 0.25) is 0 Å². The molecular weight excluding hydrogens is 214 g/mol. The van der Waals surface area contributed by atoms with E-state index < -0.39 is 0 Å². The highest BCUT2D eigenvalue weighted by molar-refractivity contribution is 7.09. The van der Waals surface area contributed by atoms with Gasteiger partial charge in [-0.3, -0.25) is 0 Å². The zero-order chi connectivity index (χ0) is 10.8. The number of hydrogen-bond donors (Lipinski definition) is 1. The van der Waals surface area contributed by atoms with Crippen LogP contribution in [0.3, 0.4) is 0 Å². The van der Waals surface area contributed by atoms with Crippen molar-refractivity contribution < 1.29 is 0 Å². The molecular formula is C14H15NS. The van der Waals surface area contributed by atoms with Crippen molar-refractivity contribution in [2.24, 2.45) is 0 Å². The molecule has 1 aliphatic rings. The summed E-state index contributed by atoms with van der Waals surface area (Å²) < 4.78 is 0. The van der Waals surface area contributed by atoms with Gasteiger partial charge in [0, 0.05) is 17.1 Å². The van der Waals surface area contributed by atoms with Crippen LogP contribution in [0.15, 0.2) is 35.7 Å². The first-order chi connectivity index (χ1) is 7.92. The van der Waals surface area contributed by atoms with Gasteiger partial charge < -0.3 is 5.32 Å². The maximum absolute atomic E-state index is 3.49. The SMILES string of the molecule is c1csc(CNc2ccc3c(c2)CCC3)c1. The number of nitrogens with one attached hydrogen (secondary N) is 1. The van der Waals surface area contributed by atoms with Crippen LogP contribution in [0.4, 0.5) is 5.69 Å². The van der Waals surface area contributed by atoms with E-state index in [2.05, 4.69) is 41.0 Å². The normalized spacial score (nSPS) is 13.8. The van der Waals surface area contributed by atoms with E-state index in [0.717, 1.165) is 6.54 Å². The molecule has 1 aliphatic carbocycles. The molecule has 1 aromatic heterocycles. The lowest BCUT2D eigenvalue weighted by Crippen LogP contribution is -1.98. The van der Waals surface area contributed by atoms with Crippen molar-refractivity contribution >= 4 is 17.0 Å². The zero-order valence-electron chi connectivity index (χ0n) is 9.20. The summed E-state index contributed by atoms with van der Waals surface area (Å²) in [6.07, 6.45) is 3.84. The van der Waals surface area contributed by atoms with Crippen molar-refractivity contribution in [1.82, 2.24) is 0 Å². The van der Waals surface area contributed by atoms with E-state index in [-0.39, 0.29) is 0 Å². The molecule has 0 fully saturated rings. The number of benzene rings is 1. The quantitative estimate of drug-likeness (QED) is 0.843. The largest absolute Gasteiger partial charge is 0.380 e. The number of aryl methyl sites for hydroxylation is 2. The fraction of sp³-hybridized carbons (Fsp3) is 0.286. The van der Waals surface area contributed by atoms with Gasteiger partial charge in [-0.1, -0.05) is 12.1 Å². The summed E-state index contributed by atoms with van der Waals surface area (Å²) in [6, 6.07) is 11.1. The first kappa shape index (κ1) is 9.91. The van der Waals surface area contributed by atoms with Crippen molar-refractivity contribution in [2.75, 3.05) is 5.32 Å². The highest BCUT2D eigenvalue weighted by Crippen LogP contribution is 2.25. The second-order valence-electron chi connectivity index (χ2n) is 4.27. The maximum Gasteiger partial charge on any atom is 0.0494 e. The smallest absolute Gasteiger partial charge is 0.0494 e. The zero-order valence-corrected chi connectivity index (χ0v) is 10.0. The number of rotatable bonds is 3. The third-order valence-electron chi connectivity index (χ3n) is 3.15. The minimum absolute atomic E-state index is 0.941. The lowest BCUT2D eigenvalue weighted by atomic mass is 10.1. The predicted molar refractivity (Wildman–Crippen MR) is 70.1 cm³/mol. The highest BCUT2D eigenvalue weighted by Gasteiger charge is 2.10. The van der Waals surface area contributed by atoms with Crippen LogP contribution in [0.5, 0.6) is 0 Å². The van der Waals surface area contributed by atoms with E-state index in [4.69, 9.17) is 0 Å². The summed E-state index contributed by atoms with van der Waals surface area (Å²) in [6.45, 7) is 0.941. The molecule has 2 heteroatoms. The fourth-order valence-corrected chi connectivity index (χ4v) is 2.93. The highest BCUT2D eigenvalue weighted by atomic mass is 32.1. The second kappa shape index (κ2) is 4.30. The number of anilines is 1. The van der Waals surface area contributed by atoms with Crippen LogP contribution >= 0.6 is 11.3 Å². The molecule has 0 amide bonds. The molecule has 0 bridgehead atoms. The van der Waals surface area contributed by atoms with Crippen LogP contribution in [0, 0.1) is 0 Å². The lowest BCUT2D eigenvalue weighted by molar-refractivity contribution is 0.912. The minimum atomic E-state index is 0.941. The van der Waals surface area contributed by atoms with E-state index in [1.807, 2.05) is 0 Å². The Hall–Kier alpha value is -1.28. The molecule has 0 spiro atoms. The molecule has 16 heavy (non-hydrogen) atoms. The summed E-state index contributed by atoms with van der Waals surface area (Å²) in [4.78, 5) is 1.39. The molecule has 0 atom stereocenters. The number of fused-ring (bicyclic) bond motifs is 1. The van der Waals surface area contributed by atoms with Crippen molar-refractivity contribution in [1.29, 1.82) is 0 Å². The van der Waals surface area contributed by atoms with Crippen LogP contribution in [0.25, 0.3) is 0 Å². The Kier molecular flexibility index (Phi) is 2.66. The summed E-state index contributed by atoms with van der Waals surface area (Å²) in [7, 11) is 0. The number of thiophene rings is 1. The van der Waals surface area contributed by atoms with Gasteiger partial charge in [0.2, 0.25) is 0 Å². The molecule has 3 rings (SSSR count). The van der Waals surface area contributed by atoms with Gasteiger partial charge in [0.05, 0.1) is 0 Å². The monoisotopic (exact) mass is 229 g/mol. The van der Waals surface area contributed by atoms with Gasteiger partial charge in [0.15, 0.2) is 0 Å². The molecule has 1 nitrogen and oxygen atoms in total. The Bertz CT molecular complexity index is 473. The molecule has 0 aliphatic heterocycles. The Morgan fingerprint density at radius 2 is 2.06 bits per heavy atom. The van der Waals surface area contributed by atoms with E-state index in [1.165, 1.54) is 35.4 Å². The summed E-state index contributed by atoms with van der Waals surface area (Å²) in [5.41, 5.74) is 4.34. The van der Waals surface area contributed by atoms with E-state index >= 15 is 0 Å². The van der Waals surface area contributed by atoms with Gasteiger partial charge in [0.1, 0.15) is 0 Å². The third-order valence-corrected chi connectivity index (χ3v) is 4.02. The molecule has 82 valence electrons. The van der Waals surface area contributed by atoms with Crippen LogP contribution < -0.4 is 5.32 Å². The Morgan fingerprint density at radius 1 is 1.12 bits per heavy atom. The van der Waals surface area contributed by atoms with Crippen LogP contribution in [-0.4, -0.2) is 0 Å². The third kappa shape index (κ3) is 1.98. The van der Waals surface area contributed by atoms with E-state index in [1.54, 1.807) is 16.9 Å². The average Bonchev–Trinajstić information content (AvgIpc) is 2.97. The Morgan fingerprint density at radius 3 is 2.94 bits per heavy atom. The molecule has 0 saturated carbocycles. The van der Waals surface area contributed by atoms with Gasteiger partial charge in [-0.15, -0.1) is 11.3 Å². The molecule has 0 radical (unpaired) electrons. The summed E-state index contributed by atoms with van der Waals surface area (Å²) in [5, 5.41) is 5.61. The molecule has 1 aromatic carbocycles. The van der Waals surface area contributed by atoms with Gasteiger partial charge in [0.25, 0.3) is 0 Å². The van der Waals surface area contributed by atoms with Crippen molar-refractivity contribution in [3.63, 3.8) is 0 Å². The van der Waals surface area contributed by atoms with Gasteiger partial charge in [-0.05, 0) is 54.0 Å². The standard InChI is InChI=1S/C14H15NS/c1-3-11-6-7-13(9-12(11)4-1)15-10-14-5-2-8-16-14/h2,5-9,15H,1,3-4,10H2. The summed E-state index contributed by atoms with van der Waals surface area (Å²) in [5.74, 6) is 0. The van der Waals surface area contributed by atoms with Crippen molar-refractivity contribution in [2.45, 2.75) is 25.8 Å². The first-order valence-corrected chi connectivity index (χ1v) is 6.68. The van der Waals surface area contributed by atoms with Crippen molar-refractivity contribution in [3.8, 4) is 0 Å². The lowest BCUT2D eigenvalue weighted by Gasteiger charge is -2.07. The summed E-state index contributed by atoms with van der Waals surface area (Å²) >= 11 is 1.81. The van der Waals surface area contributed by atoms with E-state index in [9.17, 15) is 0 Å². The van der Waals surface area contributed by atoms with E-state index in [0.29, 0.717) is 0 Å². The first-order valence-electron chi connectivity index (χ1n) is 5.80. The molecule has 0 saturated heterocycles. The second-order valence-corrected chi connectivity index (χ2v) is 5.30. The minimum Gasteiger partial charge on any atom is -0.380 e. The Balaban J connectivity index is 1.71.